The second kappa shape index (κ2) is 8.01. The van der Waals surface area contributed by atoms with Crippen molar-refractivity contribution in [3.63, 3.8) is 0 Å². The first kappa shape index (κ1) is 21.0. The standard InChI is InChI=1S/C26H27ClN2O4/c27-20-5-3-19(4-6-20)21-11-22(23-2-1-7-32-23)29(28-21)24(30)15-33-25(31)26-12-16-8-17(13-26)10-18(9-16)14-26/h1-7,16-18,22H,8-15H2/t16?,17?,18?,22-,26?/m1/s1. The van der Waals surface area contributed by atoms with E-state index in [4.69, 9.17) is 20.8 Å². The third-order valence-corrected chi connectivity index (χ3v) is 8.26. The smallest absolute Gasteiger partial charge is 0.312 e. The van der Waals surface area contributed by atoms with Crippen LogP contribution >= 0.6 is 11.6 Å². The molecule has 1 aromatic carbocycles. The second-order valence-corrected chi connectivity index (χ2v) is 10.7. The van der Waals surface area contributed by atoms with Gasteiger partial charge in [0.2, 0.25) is 0 Å². The van der Waals surface area contributed by atoms with Crippen LogP contribution in [0.25, 0.3) is 0 Å². The Morgan fingerprint density at radius 3 is 2.33 bits per heavy atom. The highest BCUT2D eigenvalue weighted by molar-refractivity contribution is 6.30. The number of furan rings is 1. The van der Waals surface area contributed by atoms with Crippen molar-refractivity contribution < 1.29 is 18.7 Å². The van der Waals surface area contributed by atoms with Crippen LogP contribution < -0.4 is 0 Å². The lowest BCUT2D eigenvalue weighted by molar-refractivity contribution is -0.174. The normalized spacial score (nSPS) is 32.2. The SMILES string of the molecule is O=C(COC(=O)C12CC3CC(CC(C3)C1)C2)N1N=C(c2ccc(Cl)cc2)C[C@@H]1c1ccco1. The Morgan fingerprint density at radius 1 is 1.06 bits per heavy atom. The molecule has 1 atom stereocenters. The number of nitrogens with zero attached hydrogens (tertiary/aromatic N) is 2. The summed E-state index contributed by atoms with van der Waals surface area (Å²) in [6.07, 6.45) is 8.64. The molecule has 5 aliphatic rings. The fraction of sp³-hybridized carbons (Fsp3) is 0.500. The second-order valence-electron chi connectivity index (χ2n) is 10.3. The quantitative estimate of drug-likeness (QED) is 0.555. The van der Waals surface area contributed by atoms with Gasteiger partial charge in [-0.05, 0) is 86.1 Å². The van der Waals surface area contributed by atoms with Crippen molar-refractivity contribution in [3.8, 4) is 0 Å². The zero-order valence-corrected chi connectivity index (χ0v) is 19.2. The van der Waals surface area contributed by atoms with Crippen LogP contribution in [0.2, 0.25) is 5.02 Å². The van der Waals surface area contributed by atoms with Crippen molar-refractivity contribution in [1.82, 2.24) is 5.01 Å². The van der Waals surface area contributed by atoms with Crippen LogP contribution in [0, 0.1) is 23.2 Å². The first-order valence-electron chi connectivity index (χ1n) is 11.9. The van der Waals surface area contributed by atoms with Crippen molar-refractivity contribution in [2.45, 2.75) is 51.0 Å². The van der Waals surface area contributed by atoms with Crippen molar-refractivity contribution >= 4 is 29.2 Å². The molecule has 6 nitrogen and oxygen atoms in total. The molecule has 4 saturated carbocycles. The molecular formula is C26H27ClN2O4. The summed E-state index contributed by atoms with van der Waals surface area (Å²) in [5.74, 6) is 2.07. The van der Waals surface area contributed by atoms with Gasteiger partial charge in [-0.15, -0.1) is 0 Å². The molecule has 4 fully saturated rings. The average Bonchev–Trinajstić information content (AvgIpc) is 3.47. The lowest BCUT2D eigenvalue weighted by atomic mass is 9.49. The minimum atomic E-state index is -0.377. The molecule has 7 heteroatoms. The van der Waals surface area contributed by atoms with Crippen molar-refractivity contribution in [1.29, 1.82) is 0 Å². The molecule has 1 aromatic heterocycles. The molecule has 33 heavy (non-hydrogen) atoms. The average molecular weight is 467 g/mol. The number of hydrazone groups is 1. The van der Waals surface area contributed by atoms with E-state index in [0.29, 0.717) is 35.0 Å². The third kappa shape index (κ3) is 3.78. The molecule has 172 valence electrons. The molecule has 0 spiro atoms. The lowest BCUT2D eigenvalue weighted by Gasteiger charge is -2.55. The molecule has 2 heterocycles. The van der Waals surface area contributed by atoms with Crippen LogP contribution in [0.5, 0.6) is 0 Å². The number of rotatable bonds is 5. The van der Waals surface area contributed by atoms with Gasteiger partial charge in [-0.3, -0.25) is 9.59 Å². The third-order valence-electron chi connectivity index (χ3n) is 8.01. The monoisotopic (exact) mass is 466 g/mol. The van der Waals surface area contributed by atoms with Gasteiger partial charge < -0.3 is 9.15 Å². The zero-order valence-electron chi connectivity index (χ0n) is 18.4. The van der Waals surface area contributed by atoms with Gasteiger partial charge in [0.05, 0.1) is 17.4 Å². The highest BCUT2D eigenvalue weighted by Gasteiger charge is 2.55. The van der Waals surface area contributed by atoms with Gasteiger partial charge in [0.25, 0.3) is 5.91 Å². The Labute approximate surface area is 197 Å². The zero-order chi connectivity index (χ0) is 22.6. The fourth-order valence-corrected chi connectivity index (χ4v) is 7.09. The largest absolute Gasteiger partial charge is 0.467 e. The minimum absolute atomic E-state index is 0.189. The number of hydrogen-bond acceptors (Lipinski definition) is 5. The Morgan fingerprint density at radius 2 is 1.73 bits per heavy atom. The number of carbonyl (C=O) groups is 2. The van der Waals surface area contributed by atoms with E-state index in [1.54, 1.807) is 24.5 Å². The number of amides is 1. The molecule has 2 aromatic rings. The van der Waals surface area contributed by atoms with Crippen LogP contribution in [0.1, 0.15) is 62.3 Å². The Balaban J connectivity index is 1.18. The van der Waals surface area contributed by atoms with Gasteiger partial charge in [0.1, 0.15) is 11.8 Å². The van der Waals surface area contributed by atoms with Crippen LogP contribution in [0.15, 0.2) is 52.2 Å². The molecule has 7 rings (SSSR count). The van der Waals surface area contributed by atoms with Gasteiger partial charge in [-0.1, -0.05) is 23.7 Å². The number of carbonyl (C=O) groups excluding carboxylic acids is 2. The Hall–Kier alpha value is -2.60. The molecule has 0 N–H and O–H groups in total. The number of benzene rings is 1. The number of ether oxygens (including phenoxy) is 1. The Kier molecular flexibility index (Phi) is 5.09. The topological polar surface area (TPSA) is 72.1 Å². The highest BCUT2D eigenvalue weighted by atomic mass is 35.5. The maximum atomic E-state index is 13.2. The van der Waals surface area contributed by atoms with Gasteiger partial charge in [-0.2, -0.15) is 5.10 Å². The molecule has 0 radical (unpaired) electrons. The van der Waals surface area contributed by atoms with Crippen LogP contribution in [0.3, 0.4) is 0 Å². The molecular weight excluding hydrogens is 440 g/mol. The summed E-state index contributed by atoms with van der Waals surface area (Å²) in [6, 6.07) is 10.7. The van der Waals surface area contributed by atoms with Gasteiger partial charge in [-0.25, -0.2) is 5.01 Å². The molecule has 4 aliphatic carbocycles. The van der Waals surface area contributed by atoms with E-state index in [2.05, 4.69) is 5.10 Å². The molecule has 1 aliphatic heterocycles. The lowest BCUT2D eigenvalue weighted by Crippen LogP contribution is -2.51. The van der Waals surface area contributed by atoms with E-state index < -0.39 is 0 Å². The van der Waals surface area contributed by atoms with Gasteiger partial charge in [0, 0.05) is 11.4 Å². The maximum Gasteiger partial charge on any atom is 0.312 e. The summed E-state index contributed by atoms with van der Waals surface area (Å²) >= 11 is 6.02. The van der Waals surface area contributed by atoms with E-state index in [1.165, 1.54) is 24.3 Å². The predicted molar refractivity (Wildman–Crippen MR) is 122 cm³/mol. The van der Waals surface area contributed by atoms with E-state index in [1.807, 2.05) is 18.2 Å². The molecule has 0 saturated heterocycles. The summed E-state index contributed by atoms with van der Waals surface area (Å²) in [7, 11) is 0. The van der Waals surface area contributed by atoms with Gasteiger partial charge >= 0.3 is 5.97 Å². The number of esters is 1. The van der Waals surface area contributed by atoms with Crippen LogP contribution in [-0.4, -0.2) is 29.2 Å². The van der Waals surface area contributed by atoms with E-state index >= 15 is 0 Å². The maximum absolute atomic E-state index is 13.2. The van der Waals surface area contributed by atoms with E-state index in [9.17, 15) is 9.59 Å². The van der Waals surface area contributed by atoms with Crippen molar-refractivity contribution in [2.75, 3.05) is 6.61 Å². The molecule has 0 unspecified atom stereocenters. The summed E-state index contributed by atoms with van der Waals surface area (Å²) in [4.78, 5) is 26.4. The first-order chi connectivity index (χ1) is 16.0. The molecule has 1 amide bonds. The van der Waals surface area contributed by atoms with Crippen molar-refractivity contribution in [2.24, 2.45) is 28.3 Å². The Bertz CT molecular complexity index is 1060. The summed E-state index contributed by atoms with van der Waals surface area (Å²) in [6.45, 7) is -0.296. The minimum Gasteiger partial charge on any atom is -0.467 e. The first-order valence-corrected chi connectivity index (χ1v) is 12.2. The summed E-state index contributed by atoms with van der Waals surface area (Å²) in [5, 5.41) is 6.66. The molecule has 4 bridgehead atoms. The van der Waals surface area contributed by atoms with E-state index in [-0.39, 0.29) is 29.9 Å². The van der Waals surface area contributed by atoms with Crippen LogP contribution in [-0.2, 0) is 14.3 Å². The van der Waals surface area contributed by atoms with Gasteiger partial charge in [0.15, 0.2) is 6.61 Å². The van der Waals surface area contributed by atoms with Crippen molar-refractivity contribution in [3.05, 3.63) is 59.0 Å². The summed E-state index contributed by atoms with van der Waals surface area (Å²) < 4.78 is 11.3. The predicted octanol–water partition coefficient (Wildman–Crippen LogP) is 5.37. The fourth-order valence-electron chi connectivity index (χ4n) is 6.97. The van der Waals surface area contributed by atoms with E-state index in [0.717, 1.165) is 30.5 Å². The number of hydrogen-bond donors (Lipinski definition) is 0. The van der Waals surface area contributed by atoms with Crippen LogP contribution in [0.4, 0.5) is 0 Å². The number of halogens is 1. The summed E-state index contributed by atoms with van der Waals surface area (Å²) in [5.41, 5.74) is 1.30. The highest BCUT2D eigenvalue weighted by Crippen LogP contribution is 2.60.